The molecule has 0 saturated carbocycles. The Balaban J connectivity index is 1.71. The molecule has 1 heterocycles. The first kappa shape index (κ1) is 19.5. The van der Waals surface area contributed by atoms with Crippen molar-refractivity contribution in [1.29, 1.82) is 0 Å². The molecule has 0 spiro atoms. The summed E-state index contributed by atoms with van der Waals surface area (Å²) in [6.45, 7) is 4.98. The number of nitrogens with zero attached hydrogens (tertiary/aromatic N) is 3. The lowest BCUT2D eigenvalue weighted by Crippen LogP contribution is -2.48. The Kier molecular flexibility index (Phi) is 5.98. The van der Waals surface area contributed by atoms with E-state index in [-0.39, 0.29) is 11.6 Å². The van der Waals surface area contributed by atoms with Gasteiger partial charge in [-0.3, -0.25) is 14.9 Å². The molecule has 8 heteroatoms. The molecule has 8 nitrogen and oxygen atoms in total. The maximum absolute atomic E-state index is 12.8. The number of nitrogens with one attached hydrogen (secondary N) is 1. The molecule has 1 aliphatic rings. The molecular weight excluding hydrogens is 360 g/mol. The lowest BCUT2D eigenvalue weighted by atomic mass is 10.1. The third kappa shape index (κ3) is 4.00. The van der Waals surface area contributed by atoms with Gasteiger partial charge in [0.05, 0.1) is 17.2 Å². The number of amides is 1. The second-order valence-electron chi connectivity index (χ2n) is 6.42. The fourth-order valence-corrected chi connectivity index (χ4v) is 3.36. The Labute approximate surface area is 163 Å². The fourth-order valence-electron chi connectivity index (χ4n) is 3.36. The summed E-state index contributed by atoms with van der Waals surface area (Å²) in [6.07, 6.45) is 0. The number of rotatable bonds is 6. The van der Waals surface area contributed by atoms with Gasteiger partial charge in [0.25, 0.3) is 11.6 Å². The molecule has 0 aromatic heterocycles. The molecule has 0 radical (unpaired) electrons. The summed E-state index contributed by atoms with van der Waals surface area (Å²) in [4.78, 5) is 27.5. The van der Waals surface area contributed by atoms with Gasteiger partial charge in [-0.25, -0.2) is 0 Å². The number of carbonyl (C=O) groups excluding carboxylic acids is 1. The molecule has 1 N–H and O–H groups in total. The van der Waals surface area contributed by atoms with E-state index in [4.69, 9.17) is 4.74 Å². The Morgan fingerprint density at radius 3 is 2.54 bits per heavy atom. The number of anilines is 2. The molecule has 0 bridgehead atoms. The predicted molar refractivity (Wildman–Crippen MR) is 108 cm³/mol. The minimum absolute atomic E-state index is 0.0994. The van der Waals surface area contributed by atoms with Crippen LogP contribution in [-0.4, -0.2) is 55.6 Å². The van der Waals surface area contributed by atoms with Gasteiger partial charge in [0, 0.05) is 44.9 Å². The van der Waals surface area contributed by atoms with Gasteiger partial charge < -0.3 is 19.9 Å². The summed E-state index contributed by atoms with van der Waals surface area (Å²) >= 11 is 0. The third-order valence-corrected chi connectivity index (χ3v) is 4.78. The minimum Gasteiger partial charge on any atom is -0.492 e. The summed E-state index contributed by atoms with van der Waals surface area (Å²) in [5.74, 6) is 0.645. The number of carbonyl (C=O) groups is 1. The van der Waals surface area contributed by atoms with E-state index in [2.05, 4.69) is 10.2 Å². The molecule has 0 unspecified atom stereocenters. The number of hydrogen-bond donors (Lipinski definition) is 1. The number of ether oxygens (including phenoxy) is 1. The van der Waals surface area contributed by atoms with Gasteiger partial charge >= 0.3 is 0 Å². The zero-order valence-electron chi connectivity index (χ0n) is 16.1. The largest absolute Gasteiger partial charge is 0.492 e. The average Bonchev–Trinajstić information content (AvgIpc) is 2.73. The van der Waals surface area contributed by atoms with Gasteiger partial charge in [0.2, 0.25) is 0 Å². The molecule has 2 aromatic rings. The Morgan fingerprint density at radius 1 is 1.18 bits per heavy atom. The van der Waals surface area contributed by atoms with Crippen molar-refractivity contribution in [3.63, 3.8) is 0 Å². The fraction of sp³-hybridized carbons (Fsp3) is 0.350. The van der Waals surface area contributed by atoms with Crippen LogP contribution < -0.4 is 15.0 Å². The summed E-state index contributed by atoms with van der Waals surface area (Å²) in [7, 11) is 1.61. The van der Waals surface area contributed by atoms with Gasteiger partial charge in [-0.1, -0.05) is 12.1 Å². The third-order valence-electron chi connectivity index (χ3n) is 4.78. The molecule has 28 heavy (non-hydrogen) atoms. The number of piperazine rings is 1. The Morgan fingerprint density at radius 2 is 1.89 bits per heavy atom. The van der Waals surface area contributed by atoms with Crippen molar-refractivity contribution in [2.75, 3.05) is 50.1 Å². The molecule has 1 saturated heterocycles. The minimum atomic E-state index is -0.481. The van der Waals surface area contributed by atoms with Crippen molar-refractivity contribution in [2.45, 2.75) is 6.92 Å². The van der Waals surface area contributed by atoms with Crippen LogP contribution >= 0.6 is 0 Å². The van der Waals surface area contributed by atoms with Crippen molar-refractivity contribution in [3.8, 4) is 5.75 Å². The van der Waals surface area contributed by atoms with E-state index in [0.29, 0.717) is 44.0 Å². The summed E-state index contributed by atoms with van der Waals surface area (Å²) in [6, 6.07) is 12.4. The van der Waals surface area contributed by atoms with Gasteiger partial charge in [0.1, 0.15) is 11.4 Å². The van der Waals surface area contributed by atoms with Crippen LogP contribution in [0.25, 0.3) is 0 Å². The number of hydrogen-bond acceptors (Lipinski definition) is 6. The molecule has 3 rings (SSSR count). The van der Waals surface area contributed by atoms with Crippen molar-refractivity contribution >= 4 is 23.0 Å². The lowest BCUT2D eigenvalue weighted by Gasteiger charge is -2.36. The number of nitro groups is 1. The molecule has 148 valence electrons. The molecule has 1 aliphatic heterocycles. The Bertz CT molecular complexity index is 863. The second-order valence-corrected chi connectivity index (χ2v) is 6.42. The van der Waals surface area contributed by atoms with E-state index >= 15 is 0 Å². The summed E-state index contributed by atoms with van der Waals surface area (Å²) in [5.41, 5.74) is 1.64. The van der Waals surface area contributed by atoms with Crippen LogP contribution in [-0.2, 0) is 0 Å². The average molecular weight is 384 g/mol. The Hall–Kier alpha value is -3.29. The first-order valence-corrected chi connectivity index (χ1v) is 9.27. The van der Waals surface area contributed by atoms with Crippen molar-refractivity contribution in [1.82, 2.24) is 4.90 Å². The summed E-state index contributed by atoms with van der Waals surface area (Å²) in [5, 5.41) is 14.0. The van der Waals surface area contributed by atoms with Gasteiger partial charge in [-0.2, -0.15) is 0 Å². The van der Waals surface area contributed by atoms with Crippen LogP contribution in [0.5, 0.6) is 5.75 Å². The molecule has 2 aromatic carbocycles. The molecular formula is C20H24N4O4. The van der Waals surface area contributed by atoms with E-state index in [1.807, 2.05) is 31.2 Å². The van der Waals surface area contributed by atoms with Crippen LogP contribution in [0.15, 0.2) is 42.5 Å². The van der Waals surface area contributed by atoms with E-state index in [1.54, 1.807) is 24.1 Å². The highest BCUT2D eigenvalue weighted by atomic mass is 16.6. The van der Waals surface area contributed by atoms with Gasteiger partial charge in [0.15, 0.2) is 0 Å². The molecule has 0 aliphatic carbocycles. The zero-order valence-corrected chi connectivity index (χ0v) is 16.1. The predicted octanol–water partition coefficient (Wildman–Crippen LogP) is 3.00. The van der Waals surface area contributed by atoms with Crippen molar-refractivity contribution in [3.05, 3.63) is 58.1 Å². The first-order valence-electron chi connectivity index (χ1n) is 9.27. The number of benzene rings is 2. The normalized spacial score (nSPS) is 13.9. The van der Waals surface area contributed by atoms with E-state index in [9.17, 15) is 14.9 Å². The van der Waals surface area contributed by atoms with Crippen LogP contribution in [0.1, 0.15) is 17.3 Å². The maximum Gasteiger partial charge on any atom is 0.293 e. The van der Waals surface area contributed by atoms with Crippen LogP contribution in [0.3, 0.4) is 0 Å². The number of nitro benzene ring substituents is 1. The highest BCUT2D eigenvalue weighted by molar-refractivity contribution is 5.96. The van der Waals surface area contributed by atoms with E-state index in [0.717, 1.165) is 11.4 Å². The smallest absolute Gasteiger partial charge is 0.293 e. The SMILES string of the molecule is CCOc1ccccc1N1CCN(C(=O)c2ccc(NC)c([N+](=O)[O-])c2)CC1. The van der Waals surface area contributed by atoms with Crippen molar-refractivity contribution < 1.29 is 14.5 Å². The molecule has 1 amide bonds. The zero-order chi connectivity index (χ0) is 20.1. The van der Waals surface area contributed by atoms with Crippen LogP contribution in [0, 0.1) is 10.1 Å². The van der Waals surface area contributed by atoms with Gasteiger partial charge in [-0.15, -0.1) is 0 Å². The van der Waals surface area contributed by atoms with Crippen LogP contribution in [0.2, 0.25) is 0 Å². The lowest BCUT2D eigenvalue weighted by molar-refractivity contribution is -0.384. The second kappa shape index (κ2) is 8.60. The standard InChI is InChI=1S/C20H24N4O4/c1-3-28-19-7-5-4-6-17(19)22-10-12-23(13-11-22)20(25)15-8-9-16(21-2)18(14-15)24(26)27/h4-9,14,21H,3,10-13H2,1-2H3. The van der Waals surface area contributed by atoms with Crippen LogP contribution in [0.4, 0.5) is 17.1 Å². The highest BCUT2D eigenvalue weighted by Crippen LogP contribution is 2.29. The topological polar surface area (TPSA) is 88.0 Å². The molecule has 1 fully saturated rings. The molecule has 0 atom stereocenters. The van der Waals surface area contributed by atoms with Crippen molar-refractivity contribution in [2.24, 2.45) is 0 Å². The maximum atomic E-state index is 12.8. The van der Waals surface area contributed by atoms with Gasteiger partial charge in [-0.05, 0) is 31.2 Å². The first-order chi connectivity index (χ1) is 13.5. The summed E-state index contributed by atoms with van der Waals surface area (Å²) < 4.78 is 5.70. The monoisotopic (exact) mass is 384 g/mol. The van der Waals surface area contributed by atoms with E-state index in [1.165, 1.54) is 6.07 Å². The van der Waals surface area contributed by atoms with E-state index < -0.39 is 4.92 Å². The quantitative estimate of drug-likeness (QED) is 0.608. The highest BCUT2D eigenvalue weighted by Gasteiger charge is 2.25. The number of para-hydroxylation sites is 2.